The molecule has 4 fully saturated rings. The lowest BCUT2D eigenvalue weighted by Crippen LogP contribution is -2.55. The summed E-state index contributed by atoms with van der Waals surface area (Å²) in [6, 6.07) is 16.5. The lowest BCUT2D eigenvalue weighted by Gasteiger charge is -2.54. The van der Waals surface area contributed by atoms with E-state index in [0.717, 1.165) is 52.7 Å². The molecule has 3 aromatic rings. The van der Waals surface area contributed by atoms with E-state index in [2.05, 4.69) is 29.7 Å². The number of benzene rings is 2. The number of nitrogens with one attached hydrogen (secondary N) is 2. The van der Waals surface area contributed by atoms with E-state index >= 15 is 0 Å². The maximum absolute atomic E-state index is 13.3. The van der Waals surface area contributed by atoms with Gasteiger partial charge in [-0.25, -0.2) is 4.68 Å². The van der Waals surface area contributed by atoms with Crippen molar-refractivity contribution in [3.05, 3.63) is 70.4 Å². The van der Waals surface area contributed by atoms with Gasteiger partial charge in [-0.2, -0.15) is 5.10 Å². The van der Waals surface area contributed by atoms with Crippen LogP contribution in [0.15, 0.2) is 48.5 Å². The first kappa shape index (κ1) is 23.7. The van der Waals surface area contributed by atoms with Gasteiger partial charge in [0.05, 0.1) is 11.4 Å². The number of rotatable bonds is 7. The molecular weight excluding hydrogens is 468 g/mol. The molecule has 0 saturated heterocycles. The van der Waals surface area contributed by atoms with Crippen LogP contribution in [-0.2, 0) is 0 Å². The van der Waals surface area contributed by atoms with Crippen molar-refractivity contribution in [1.82, 2.24) is 20.4 Å². The molecule has 1 aromatic heterocycles. The number of carbonyl (C=O) groups is 1. The summed E-state index contributed by atoms with van der Waals surface area (Å²) >= 11 is 6.14. The number of hydrogen-bond acceptors (Lipinski definition) is 3. The first-order valence-electron chi connectivity index (χ1n) is 13.4. The average molecular weight is 503 g/mol. The first-order valence-corrected chi connectivity index (χ1v) is 13.8. The molecule has 2 N–H and O–H groups in total. The van der Waals surface area contributed by atoms with E-state index in [-0.39, 0.29) is 5.91 Å². The monoisotopic (exact) mass is 502 g/mol. The smallest absolute Gasteiger partial charge is 0.272 e. The number of halogens is 1. The third-order valence-electron chi connectivity index (χ3n) is 8.75. The number of aromatic nitrogens is 2. The zero-order chi connectivity index (χ0) is 24.8. The van der Waals surface area contributed by atoms with Crippen molar-refractivity contribution in [3.8, 4) is 16.9 Å². The zero-order valence-corrected chi connectivity index (χ0v) is 21.9. The molecule has 0 spiro atoms. The van der Waals surface area contributed by atoms with Gasteiger partial charge in [-0.3, -0.25) is 4.79 Å². The van der Waals surface area contributed by atoms with Gasteiger partial charge in [0, 0.05) is 35.3 Å². The summed E-state index contributed by atoms with van der Waals surface area (Å²) in [5, 5.41) is 12.4. The van der Waals surface area contributed by atoms with Crippen molar-refractivity contribution in [3.63, 3.8) is 0 Å². The highest BCUT2D eigenvalue weighted by atomic mass is 35.5. The summed E-state index contributed by atoms with van der Waals surface area (Å²) < 4.78 is 1.87. The van der Waals surface area contributed by atoms with Crippen molar-refractivity contribution in [2.45, 2.75) is 52.0 Å². The Hall–Kier alpha value is -2.63. The normalized spacial score (nSPS) is 26.4. The highest BCUT2D eigenvalue weighted by Gasteiger charge is 2.47. The molecule has 0 aliphatic heterocycles. The predicted octanol–water partition coefficient (Wildman–Crippen LogP) is 5.95. The van der Waals surface area contributed by atoms with Crippen LogP contribution < -0.4 is 10.6 Å². The van der Waals surface area contributed by atoms with Gasteiger partial charge in [0.2, 0.25) is 0 Å². The van der Waals surface area contributed by atoms with Crippen LogP contribution in [0, 0.1) is 37.5 Å². The number of amides is 1. The molecule has 4 saturated carbocycles. The van der Waals surface area contributed by atoms with Crippen molar-refractivity contribution in [2.75, 3.05) is 13.1 Å². The summed E-state index contributed by atoms with van der Waals surface area (Å²) in [6.45, 7) is 5.45. The topological polar surface area (TPSA) is 59.0 Å². The molecule has 1 heterocycles. The SMILES string of the molecule is Cc1ccc(-n2nc(C(=O)NCCNC3[C@H]4C[C@@H]5C[C@@H](C[C@H]3C5)C4)c(C)c2-c2ccc(Cl)cc2)cc1. The molecule has 36 heavy (non-hydrogen) atoms. The summed E-state index contributed by atoms with van der Waals surface area (Å²) in [5.41, 5.74) is 5.33. The summed E-state index contributed by atoms with van der Waals surface area (Å²) in [4.78, 5) is 13.3. The highest BCUT2D eigenvalue weighted by Crippen LogP contribution is 2.53. The Kier molecular flexibility index (Phi) is 6.38. The first-order chi connectivity index (χ1) is 17.5. The highest BCUT2D eigenvalue weighted by molar-refractivity contribution is 6.30. The van der Waals surface area contributed by atoms with Gasteiger partial charge in [0.1, 0.15) is 0 Å². The molecule has 188 valence electrons. The van der Waals surface area contributed by atoms with Crippen LogP contribution in [0.1, 0.15) is 53.7 Å². The second-order valence-electron chi connectivity index (χ2n) is 11.2. The van der Waals surface area contributed by atoms with Gasteiger partial charge in [0.25, 0.3) is 5.91 Å². The second kappa shape index (κ2) is 9.68. The fourth-order valence-corrected chi connectivity index (χ4v) is 7.41. The van der Waals surface area contributed by atoms with Crippen LogP contribution >= 0.6 is 11.6 Å². The van der Waals surface area contributed by atoms with Crippen LogP contribution in [0.3, 0.4) is 0 Å². The molecule has 0 radical (unpaired) electrons. The molecule has 0 atom stereocenters. The Bertz CT molecular complexity index is 1220. The minimum Gasteiger partial charge on any atom is -0.349 e. The summed E-state index contributed by atoms with van der Waals surface area (Å²) in [6.07, 6.45) is 7.09. The molecule has 6 heteroatoms. The Morgan fingerprint density at radius 3 is 2.19 bits per heavy atom. The van der Waals surface area contributed by atoms with Crippen LogP contribution in [0.5, 0.6) is 0 Å². The largest absolute Gasteiger partial charge is 0.349 e. The predicted molar refractivity (Wildman–Crippen MR) is 145 cm³/mol. The second-order valence-corrected chi connectivity index (χ2v) is 11.7. The van der Waals surface area contributed by atoms with Crippen LogP contribution in [0.4, 0.5) is 0 Å². The van der Waals surface area contributed by atoms with Crippen LogP contribution in [-0.4, -0.2) is 34.8 Å². The molecule has 1 amide bonds. The van der Waals surface area contributed by atoms with E-state index in [1.54, 1.807) is 0 Å². The Morgan fingerprint density at radius 2 is 1.56 bits per heavy atom. The standard InChI is InChI=1S/C30H35ClN4O/c1-18-3-9-26(10-4-18)35-29(22-5-7-25(31)8-6-22)19(2)27(34-35)30(36)33-12-11-32-28-23-14-20-13-21(16-23)17-24(28)15-20/h3-10,20-21,23-24,28,32H,11-17H2,1-2H3,(H,33,36)/t20-,21+,23-,24+,28?. The van der Waals surface area contributed by atoms with E-state index in [4.69, 9.17) is 16.7 Å². The van der Waals surface area contributed by atoms with Crippen LogP contribution in [0.2, 0.25) is 5.02 Å². The van der Waals surface area contributed by atoms with Crippen molar-refractivity contribution < 1.29 is 4.79 Å². The third kappa shape index (κ3) is 4.48. The van der Waals surface area contributed by atoms with Gasteiger partial charge in [-0.05, 0) is 93.9 Å². The molecule has 4 bridgehead atoms. The van der Waals surface area contributed by atoms with E-state index in [1.165, 1.54) is 37.7 Å². The lowest BCUT2D eigenvalue weighted by molar-refractivity contribution is -0.0133. The minimum atomic E-state index is -0.125. The van der Waals surface area contributed by atoms with E-state index in [1.807, 2.05) is 48.0 Å². The maximum Gasteiger partial charge on any atom is 0.272 e. The third-order valence-corrected chi connectivity index (χ3v) is 9.00. The Balaban J connectivity index is 1.17. The maximum atomic E-state index is 13.3. The fraction of sp³-hybridized carbons (Fsp3) is 0.467. The van der Waals surface area contributed by atoms with Gasteiger partial charge < -0.3 is 10.6 Å². The quantitative estimate of drug-likeness (QED) is 0.392. The van der Waals surface area contributed by atoms with E-state index in [0.29, 0.717) is 23.3 Å². The number of hydrogen-bond donors (Lipinski definition) is 2. The van der Waals surface area contributed by atoms with Crippen molar-refractivity contribution in [2.24, 2.45) is 23.7 Å². The molecule has 2 aromatic carbocycles. The molecule has 7 rings (SSSR count). The van der Waals surface area contributed by atoms with Gasteiger partial charge in [0.15, 0.2) is 5.69 Å². The average Bonchev–Trinajstić information content (AvgIpc) is 3.20. The number of carbonyl (C=O) groups excluding carboxylic acids is 1. The number of aryl methyl sites for hydroxylation is 1. The molecule has 0 unspecified atom stereocenters. The van der Waals surface area contributed by atoms with Crippen molar-refractivity contribution in [1.29, 1.82) is 0 Å². The van der Waals surface area contributed by atoms with Crippen LogP contribution in [0.25, 0.3) is 16.9 Å². The van der Waals surface area contributed by atoms with E-state index < -0.39 is 0 Å². The fourth-order valence-electron chi connectivity index (χ4n) is 7.29. The Morgan fingerprint density at radius 1 is 0.917 bits per heavy atom. The molecular formula is C30H35ClN4O. The van der Waals surface area contributed by atoms with Gasteiger partial charge in [-0.1, -0.05) is 41.4 Å². The van der Waals surface area contributed by atoms with Gasteiger partial charge in [-0.15, -0.1) is 0 Å². The van der Waals surface area contributed by atoms with Crippen molar-refractivity contribution >= 4 is 17.5 Å². The Labute approximate surface area is 218 Å². The van der Waals surface area contributed by atoms with E-state index in [9.17, 15) is 4.79 Å². The zero-order valence-electron chi connectivity index (χ0n) is 21.1. The summed E-state index contributed by atoms with van der Waals surface area (Å²) in [5.74, 6) is 3.51. The molecule has 4 aliphatic rings. The molecule has 4 aliphatic carbocycles. The molecule has 5 nitrogen and oxygen atoms in total. The lowest BCUT2D eigenvalue weighted by atomic mass is 9.54. The van der Waals surface area contributed by atoms with Gasteiger partial charge >= 0.3 is 0 Å². The summed E-state index contributed by atoms with van der Waals surface area (Å²) in [7, 11) is 0. The number of nitrogens with zero attached hydrogens (tertiary/aromatic N) is 2. The minimum absolute atomic E-state index is 0.125.